The lowest BCUT2D eigenvalue weighted by Crippen LogP contribution is -2.15. The van der Waals surface area contributed by atoms with Crippen molar-refractivity contribution in [3.63, 3.8) is 0 Å². The van der Waals surface area contributed by atoms with Crippen LogP contribution in [0.15, 0.2) is 53.0 Å². The summed E-state index contributed by atoms with van der Waals surface area (Å²) in [6.07, 6.45) is 0. The molecule has 2 aromatic rings. The lowest BCUT2D eigenvalue weighted by molar-refractivity contribution is 0.600. The first-order valence-electron chi connectivity index (χ1n) is 5.55. The van der Waals surface area contributed by atoms with Crippen LogP contribution in [-0.2, 0) is 15.8 Å². The Kier molecular flexibility index (Phi) is 4.11. The van der Waals surface area contributed by atoms with Crippen LogP contribution < -0.4 is 10.5 Å². The van der Waals surface area contributed by atoms with E-state index < -0.39 is 10.0 Å². The second-order valence-corrected chi connectivity index (χ2v) is 6.75. The maximum Gasteiger partial charge on any atom is 0.236 e. The van der Waals surface area contributed by atoms with Crippen LogP contribution in [0.3, 0.4) is 0 Å². The number of benzene rings is 2. The largest absolute Gasteiger partial charge is 0.399 e. The van der Waals surface area contributed by atoms with Gasteiger partial charge in [0.2, 0.25) is 10.0 Å². The summed E-state index contributed by atoms with van der Waals surface area (Å²) >= 11 is 3.30. The molecule has 0 saturated carbocycles. The summed E-state index contributed by atoms with van der Waals surface area (Å²) in [5.41, 5.74) is 7.41. The van der Waals surface area contributed by atoms with Gasteiger partial charge in [0.1, 0.15) is 0 Å². The highest BCUT2D eigenvalue weighted by Gasteiger charge is 2.11. The van der Waals surface area contributed by atoms with E-state index in [-0.39, 0.29) is 5.75 Å². The molecule has 3 N–H and O–H groups in total. The fourth-order valence-electron chi connectivity index (χ4n) is 1.57. The molecule has 19 heavy (non-hydrogen) atoms. The zero-order valence-corrected chi connectivity index (χ0v) is 12.4. The highest BCUT2D eigenvalue weighted by Crippen LogP contribution is 2.17. The summed E-state index contributed by atoms with van der Waals surface area (Å²) in [6, 6.07) is 13.7. The van der Waals surface area contributed by atoms with Crippen molar-refractivity contribution in [3.8, 4) is 0 Å². The number of hydrogen-bond donors (Lipinski definition) is 2. The fourth-order valence-corrected chi connectivity index (χ4v) is 3.03. The maximum atomic E-state index is 12.0. The van der Waals surface area contributed by atoms with Gasteiger partial charge in [-0.2, -0.15) is 0 Å². The Hall–Kier alpha value is -1.53. The highest BCUT2D eigenvalue weighted by molar-refractivity contribution is 9.10. The molecule has 2 aromatic carbocycles. The predicted octanol–water partition coefficient (Wildman–Crippen LogP) is 2.97. The normalized spacial score (nSPS) is 11.2. The van der Waals surface area contributed by atoms with Gasteiger partial charge in [-0.1, -0.05) is 28.1 Å². The number of hydrogen-bond acceptors (Lipinski definition) is 3. The summed E-state index contributed by atoms with van der Waals surface area (Å²) in [7, 11) is -3.42. The molecule has 0 radical (unpaired) electrons. The maximum absolute atomic E-state index is 12.0. The first kappa shape index (κ1) is 13.9. The first-order valence-corrected chi connectivity index (χ1v) is 8.00. The zero-order chi connectivity index (χ0) is 13.9. The van der Waals surface area contributed by atoms with Crippen molar-refractivity contribution < 1.29 is 8.42 Å². The van der Waals surface area contributed by atoms with Gasteiger partial charge in [-0.25, -0.2) is 8.42 Å². The summed E-state index contributed by atoms with van der Waals surface area (Å²) in [4.78, 5) is 0. The van der Waals surface area contributed by atoms with Gasteiger partial charge in [-0.15, -0.1) is 0 Å². The van der Waals surface area contributed by atoms with E-state index in [1.165, 1.54) is 0 Å². The second kappa shape index (κ2) is 5.63. The van der Waals surface area contributed by atoms with Crippen LogP contribution in [0, 0.1) is 0 Å². The van der Waals surface area contributed by atoms with Gasteiger partial charge in [0.15, 0.2) is 0 Å². The summed E-state index contributed by atoms with van der Waals surface area (Å²) in [5, 5.41) is 0. The number of anilines is 2. The molecule has 0 aliphatic carbocycles. The van der Waals surface area contributed by atoms with E-state index in [0.29, 0.717) is 16.9 Å². The van der Waals surface area contributed by atoms with Crippen LogP contribution in [0.2, 0.25) is 0 Å². The molecule has 0 fully saturated rings. The SMILES string of the molecule is Nc1ccc(CS(=O)(=O)Nc2ccc(Br)cc2)cc1. The molecule has 0 aliphatic heterocycles. The van der Waals surface area contributed by atoms with Gasteiger partial charge in [0.25, 0.3) is 0 Å². The van der Waals surface area contributed by atoms with Crippen LogP contribution >= 0.6 is 15.9 Å². The standard InChI is InChI=1S/C13H13BrN2O2S/c14-11-3-7-13(8-4-11)16-19(17,18)9-10-1-5-12(15)6-2-10/h1-8,16H,9,15H2. The van der Waals surface area contributed by atoms with E-state index in [0.717, 1.165) is 4.47 Å². The highest BCUT2D eigenvalue weighted by atomic mass is 79.9. The van der Waals surface area contributed by atoms with E-state index in [2.05, 4.69) is 20.7 Å². The molecular formula is C13H13BrN2O2S. The Morgan fingerprint density at radius 1 is 1.00 bits per heavy atom. The van der Waals surface area contributed by atoms with Crippen molar-refractivity contribution in [2.24, 2.45) is 0 Å². The Balaban J connectivity index is 2.10. The Bertz CT molecular complexity index is 599. The summed E-state index contributed by atoms with van der Waals surface area (Å²) < 4.78 is 27.4. The van der Waals surface area contributed by atoms with Gasteiger partial charge in [0, 0.05) is 15.8 Å². The number of halogens is 1. The lowest BCUT2D eigenvalue weighted by Gasteiger charge is -2.08. The van der Waals surface area contributed by atoms with Crippen LogP contribution in [0.25, 0.3) is 0 Å². The quantitative estimate of drug-likeness (QED) is 0.840. The third kappa shape index (κ3) is 4.25. The van der Waals surface area contributed by atoms with Crippen molar-refractivity contribution in [1.29, 1.82) is 0 Å². The monoisotopic (exact) mass is 340 g/mol. The average Bonchev–Trinajstić information content (AvgIpc) is 2.34. The predicted molar refractivity (Wildman–Crippen MR) is 81.2 cm³/mol. The molecule has 2 rings (SSSR count). The van der Waals surface area contributed by atoms with Crippen LogP contribution in [0.4, 0.5) is 11.4 Å². The van der Waals surface area contributed by atoms with Gasteiger partial charge in [0.05, 0.1) is 5.75 Å². The number of sulfonamides is 1. The molecule has 0 bridgehead atoms. The Morgan fingerprint density at radius 3 is 2.16 bits per heavy atom. The molecule has 0 aliphatic rings. The van der Waals surface area contributed by atoms with Gasteiger partial charge in [-0.3, -0.25) is 4.72 Å². The lowest BCUT2D eigenvalue weighted by atomic mass is 10.2. The van der Waals surface area contributed by atoms with E-state index >= 15 is 0 Å². The third-order valence-corrected chi connectivity index (χ3v) is 4.24. The number of rotatable bonds is 4. The number of nitrogens with one attached hydrogen (secondary N) is 1. The first-order chi connectivity index (χ1) is 8.94. The second-order valence-electron chi connectivity index (χ2n) is 4.11. The third-order valence-electron chi connectivity index (χ3n) is 2.45. The number of nitrogen functional groups attached to an aromatic ring is 1. The van der Waals surface area contributed by atoms with Gasteiger partial charge in [-0.05, 0) is 42.0 Å². The van der Waals surface area contributed by atoms with Crippen LogP contribution in [0.5, 0.6) is 0 Å². The Labute approximate surface area is 120 Å². The average molecular weight is 341 g/mol. The van der Waals surface area contributed by atoms with Crippen molar-refractivity contribution in [3.05, 3.63) is 58.6 Å². The zero-order valence-electron chi connectivity index (χ0n) is 10.0. The minimum atomic E-state index is -3.42. The number of nitrogens with two attached hydrogens (primary N) is 1. The molecule has 0 aromatic heterocycles. The molecule has 0 saturated heterocycles. The smallest absolute Gasteiger partial charge is 0.236 e. The van der Waals surface area contributed by atoms with Crippen LogP contribution in [-0.4, -0.2) is 8.42 Å². The van der Waals surface area contributed by atoms with E-state index in [1.54, 1.807) is 48.5 Å². The molecule has 100 valence electrons. The summed E-state index contributed by atoms with van der Waals surface area (Å²) in [6.45, 7) is 0. The molecule has 0 spiro atoms. The van der Waals surface area contributed by atoms with E-state index in [9.17, 15) is 8.42 Å². The Morgan fingerprint density at radius 2 is 1.58 bits per heavy atom. The molecule has 6 heteroatoms. The van der Waals surface area contributed by atoms with Crippen molar-refractivity contribution in [2.45, 2.75) is 5.75 Å². The molecule has 4 nitrogen and oxygen atoms in total. The summed E-state index contributed by atoms with van der Waals surface area (Å²) in [5.74, 6) is -0.0800. The topological polar surface area (TPSA) is 72.2 Å². The van der Waals surface area contributed by atoms with Gasteiger partial charge < -0.3 is 5.73 Å². The van der Waals surface area contributed by atoms with Gasteiger partial charge >= 0.3 is 0 Å². The molecule has 0 atom stereocenters. The minimum absolute atomic E-state index is 0.0800. The molecular weight excluding hydrogens is 328 g/mol. The van der Waals surface area contributed by atoms with Crippen molar-refractivity contribution >= 4 is 37.3 Å². The molecule has 0 unspecified atom stereocenters. The van der Waals surface area contributed by atoms with Crippen molar-refractivity contribution in [2.75, 3.05) is 10.5 Å². The van der Waals surface area contributed by atoms with Crippen molar-refractivity contribution in [1.82, 2.24) is 0 Å². The van der Waals surface area contributed by atoms with E-state index in [1.807, 2.05) is 0 Å². The van der Waals surface area contributed by atoms with Crippen LogP contribution in [0.1, 0.15) is 5.56 Å². The van der Waals surface area contributed by atoms with E-state index in [4.69, 9.17) is 5.73 Å². The minimum Gasteiger partial charge on any atom is -0.399 e. The molecule has 0 amide bonds. The fraction of sp³-hybridized carbons (Fsp3) is 0.0769. The molecule has 0 heterocycles.